The van der Waals surface area contributed by atoms with Gasteiger partial charge in [0.15, 0.2) is 5.16 Å². The lowest BCUT2D eigenvalue weighted by Crippen LogP contribution is -2.41. The van der Waals surface area contributed by atoms with Gasteiger partial charge in [-0.15, -0.1) is 10.2 Å². The van der Waals surface area contributed by atoms with Crippen LogP contribution < -0.4 is 4.90 Å². The average Bonchev–Trinajstić information content (AvgIpc) is 3.14. The van der Waals surface area contributed by atoms with Crippen LogP contribution in [0, 0.1) is 0 Å². The molecule has 0 saturated heterocycles. The first-order valence-electron chi connectivity index (χ1n) is 8.13. The molecule has 120 valence electrons. The van der Waals surface area contributed by atoms with E-state index in [2.05, 4.69) is 33.3 Å². The summed E-state index contributed by atoms with van der Waals surface area (Å²) in [7, 11) is 1.90. The Morgan fingerprint density at radius 2 is 2.13 bits per heavy atom. The molecule has 1 aliphatic heterocycles. The largest absolute Gasteiger partial charge is 0.312 e. The number of rotatable bonds is 3. The van der Waals surface area contributed by atoms with Crippen LogP contribution in [0.3, 0.4) is 0 Å². The van der Waals surface area contributed by atoms with Crippen LogP contribution in [0.2, 0.25) is 0 Å². The number of carbonyl (C=O) groups is 1. The van der Waals surface area contributed by atoms with Crippen molar-refractivity contribution in [1.29, 1.82) is 0 Å². The minimum Gasteiger partial charge on any atom is -0.312 e. The van der Waals surface area contributed by atoms with Crippen molar-refractivity contribution in [2.75, 3.05) is 10.7 Å². The van der Waals surface area contributed by atoms with Crippen molar-refractivity contribution < 1.29 is 4.79 Å². The van der Waals surface area contributed by atoms with Crippen molar-refractivity contribution in [3.8, 4) is 0 Å². The third-order valence-electron chi connectivity index (χ3n) is 4.92. The molecule has 2 aliphatic rings. The average molecular weight is 328 g/mol. The van der Waals surface area contributed by atoms with E-state index in [1.165, 1.54) is 36.6 Å². The van der Waals surface area contributed by atoms with E-state index in [0.717, 1.165) is 17.3 Å². The van der Waals surface area contributed by atoms with Gasteiger partial charge in [-0.2, -0.15) is 0 Å². The van der Waals surface area contributed by atoms with E-state index in [1.54, 1.807) is 6.33 Å². The number of hydrogen-bond acceptors (Lipinski definition) is 4. The molecule has 23 heavy (non-hydrogen) atoms. The van der Waals surface area contributed by atoms with Gasteiger partial charge >= 0.3 is 0 Å². The summed E-state index contributed by atoms with van der Waals surface area (Å²) in [4.78, 5) is 15.0. The topological polar surface area (TPSA) is 51.0 Å². The summed E-state index contributed by atoms with van der Waals surface area (Å²) in [6.45, 7) is 0. The lowest BCUT2D eigenvalue weighted by molar-refractivity contribution is -0.116. The second-order valence-corrected chi connectivity index (χ2v) is 7.24. The van der Waals surface area contributed by atoms with Crippen molar-refractivity contribution >= 4 is 23.4 Å². The number of benzene rings is 1. The predicted molar refractivity (Wildman–Crippen MR) is 90.7 cm³/mol. The Morgan fingerprint density at radius 1 is 1.30 bits per heavy atom. The van der Waals surface area contributed by atoms with Gasteiger partial charge in [0.05, 0.1) is 5.75 Å². The summed E-state index contributed by atoms with van der Waals surface area (Å²) in [6.07, 6.45) is 6.46. The molecule has 1 fully saturated rings. The number of amides is 1. The first kappa shape index (κ1) is 14.8. The highest BCUT2D eigenvalue weighted by Gasteiger charge is 2.42. The molecule has 4 rings (SSSR count). The maximum atomic E-state index is 12.9. The van der Waals surface area contributed by atoms with E-state index < -0.39 is 0 Å². The molecule has 2 atom stereocenters. The van der Waals surface area contributed by atoms with Crippen LogP contribution in [0.15, 0.2) is 35.7 Å². The Bertz CT molecular complexity index is 729. The Kier molecular flexibility index (Phi) is 3.85. The van der Waals surface area contributed by atoms with Gasteiger partial charge in [0.2, 0.25) is 5.91 Å². The number of para-hydroxylation sites is 1. The first-order chi connectivity index (χ1) is 11.3. The zero-order valence-corrected chi connectivity index (χ0v) is 14.0. The summed E-state index contributed by atoms with van der Waals surface area (Å²) >= 11 is 1.46. The number of aryl methyl sites for hydroxylation is 1. The summed E-state index contributed by atoms with van der Waals surface area (Å²) in [5.41, 5.74) is 2.47. The van der Waals surface area contributed by atoms with Crippen LogP contribution in [0.25, 0.3) is 0 Å². The van der Waals surface area contributed by atoms with E-state index in [1.807, 2.05) is 17.7 Å². The van der Waals surface area contributed by atoms with Crippen LogP contribution in [0.1, 0.15) is 37.2 Å². The summed E-state index contributed by atoms with van der Waals surface area (Å²) in [5, 5.41) is 8.69. The van der Waals surface area contributed by atoms with Gasteiger partial charge in [-0.1, -0.05) is 42.8 Å². The molecular weight excluding hydrogens is 308 g/mol. The van der Waals surface area contributed by atoms with Crippen molar-refractivity contribution in [1.82, 2.24) is 14.8 Å². The van der Waals surface area contributed by atoms with Crippen LogP contribution in [-0.4, -0.2) is 32.5 Å². The highest BCUT2D eigenvalue weighted by molar-refractivity contribution is 7.99. The van der Waals surface area contributed by atoms with Gasteiger partial charge in [-0.3, -0.25) is 4.79 Å². The van der Waals surface area contributed by atoms with Gasteiger partial charge in [0.1, 0.15) is 6.33 Å². The Hall–Kier alpha value is -1.82. The number of anilines is 1. The quantitative estimate of drug-likeness (QED) is 0.813. The number of carbonyl (C=O) groups excluding carboxylic acids is 1. The first-order valence-corrected chi connectivity index (χ1v) is 9.12. The molecule has 0 spiro atoms. The summed E-state index contributed by atoms with van der Waals surface area (Å²) in [5.74, 6) is 1.10. The zero-order valence-electron chi connectivity index (χ0n) is 13.2. The molecule has 1 aromatic heterocycles. The molecule has 1 amide bonds. The predicted octanol–water partition coefficient (Wildman–Crippen LogP) is 2.98. The maximum Gasteiger partial charge on any atom is 0.237 e. The van der Waals surface area contributed by atoms with Crippen LogP contribution in [0.5, 0.6) is 0 Å². The Labute approximate surface area is 140 Å². The van der Waals surface area contributed by atoms with E-state index >= 15 is 0 Å². The molecular formula is C17H20N4OS. The number of fused-ring (bicyclic) bond motifs is 3. The molecule has 2 aromatic rings. The SMILES string of the molecule is Cn1cnnc1SCC(=O)N1c2ccccc2[C@@H]2CCCC[C@@H]21. The van der Waals surface area contributed by atoms with Gasteiger partial charge < -0.3 is 9.47 Å². The van der Waals surface area contributed by atoms with E-state index in [9.17, 15) is 4.79 Å². The van der Waals surface area contributed by atoms with Crippen LogP contribution in [-0.2, 0) is 11.8 Å². The maximum absolute atomic E-state index is 12.9. The molecule has 1 saturated carbocycles. The smallest absolute Gasteiger partial charge is 0.237 e. The number of hydrogen-bond donors (Lipinski definition) is 0. The third kappa shape index (κ3) is 2.55. The Morgan fingerprint density at radius 3 is 2.96 bits per heavy atom. The fraction of sp³-hybridized carbons (Fsp3) is 0.471. The van der Waals surface area contributed by atoms with Gasteiger partial charge in [0, 0.05) is 24.7 Å². The second kappa shape index (κ2) is 6.00. The number of thioether (sulfide) groups is 1. The standard InChI is InChI=1S/C17H20N4OS/c1-20-11-18-19-17(20)23-10-16(22)21-14-8-4-2-6-12(14)13-7-3-5-9-15(13)21/h2,4,6,8,11,13,15H,3,5,7,9-10H2,1H3/t13-,15-/m0/s1. The van der Waals surface area contributed by atoms with Gasteiger partial charge in [-0.05, 0) is 24.5 Å². The lowest BCUT2D eigenvalue weighted by Gasteiger charge is -2.32. The third-order valence-corrected chi connectivity index (χ3v) is 5.94. The minimum atomic E-state index is 0.180. The summed E-state index contributed by atoms with van der Waals surface area (Å²) in [6, 6.07) is 8.76. The molecule has 1 aliphatic carbocycles. The number of aromatic nitrogens is 3. The molecule has 2 heterocycles. The second-order valence-electron chi connectivity index (χ2n) is 6.29. The van der Waals surface area contributed by atoms with Crippen molar-refractivity contribution in [3.63, 3.8) is 0 Å². The van der Waals surface area contributed by atoms with E-state index in [0.29, 0.717) is 17.7 Å². The van der Waals surface area contributed by atoms with Gasteiger partial charge in [0.25, 0.3) is 0 Å². The monoisotopic (exact) mass is 328 g/mol. The van der Waals surface area contributed by atoms with Crippen molar-refractivity contribution in [3.05, 3.63) is 36.2 Å². The lowest BCUT2D eigenvalue weighted by atomic mass is 9.82. The van der Waals surface area contributed by atoms with E-state index in [4.69, 9.17) is 0 Å². The fourth-order valence-electron chi connectivity index (χ4n) is 3.90. The summed E-state index contributed by atoms with van der Waals surface area (Å²) < 4.78 is 1.85. The van der Waals surface area contributed by atoms with Crippen molar-refractivity contribution in [2.24, 2.45) is 7.05 Å². The van der Waals surface area contributed by atoms with Gasteiger partial charge in [-0.25, -0.2) is 0 Å². The molecule has 0 unspecified atom stereocenters. The minimum absolute atomic E-state index is 0.180. The van der Waals surface area contributed by atoms with Crippen LogP contribution >= 0.6 is 11.8 Å². The molecule has 0 N–H and O–H groups in total. The highest BCUT2D eigenvalue weighted by atomic mass is 32.2. The zero-order chi connectivity index (χ0) is 15.8. The molecule has 1 aromatic carbocycles. The molecule has 0 radical (unpaired) electrons. The van der Waals surface area contributed by atoms with Crippen molar-refractivity contribution in [2.45, 2.75) is 42.8 Å². The molecule has 0 bridgehead atoms. The highest BCUT2D eigenvalue weighted by Crippen LogP contribution is 2.47. The molecule has 5 nitrogen and oxygen atoms in total. The van der Waals surface area contributed by atoms with E-state index in [-0.39, 0.29) is 5.91 Å². The number of nitrogens with zero attached hydrogens (tertiary/aromatic N) is 4. The van der Waals surface area contributed by atoms with Crippen LogP contribution in [0.4, 0.5) is 5.69 Å². The Balaban J connectivity index is 1.57. The fourth-order valence-corrected chi connectivity index (χ4v) is 4.65. The normalized spacial score (nSPS) is 22.7. The molecule has 6 heteroatoms.